The fraction of sp³-hybridized carbons (Fsp3) is 0.417. The third-order valence-corrected chi connectivity index (χ3v) is 3.29. The summed E-state index contributed by atoms with van der Waals surface area (Å²) in [7, 11) is 0. The summed E-state index contributed by atoms with van der Waals surface area (Å²) in [4.78, 5) is 16.1. The van der Waals surface area contributed by atoms with Crippen LogP contribution < -0.4 is 11.1 Å². The maximum atomic E-state index is 11.7. The number of pyridine rings is 1. The van der Waals surface area contributed by atoms with Crippen LogP contribution in [0.3, 0.4) is 0 Å². The number of nitrogens with one attached hydrogen (secondary N) is 1. The second-order valence-corrected chi connectivity index (χ2v) is 4.74. The summed E-state index contributed by atoms with van der Waals surface area (Å²) in [5.74, 6) is 0.515. The summed E-state index contributed by atoms with van der Waals surface area (Å²) in [6.45, 7) is 0.748. The van der Waals surface area contributed by atoms with Gasteiger partial charge < -0.3 is 11.1 Å². The summed E-state index contributed by atoms with van der Waals surface area (Å²) in [5, 5.41) is 2.88. The average Bonchev–Trinajstić information content (AvgIpc) is 2.27. The summed E-state index contributed by atoms with van der Waals surface area (Å²) < 4.78 is 0. The third-order valence-electron chi connectivity index (χ3n) is 3.06. The Balaban J connectivity index is 1.91. The van der Waals surface area contributed by atoms with Crippen molar-refractivity contribution in [3.8, 4) is 0 Å². The largest absolute Gasteiger partial charge is 0.389 e. The molecule has 1 saturated carbocycles. The fourth-order valence-corrected chi connectivity index (χ4v) is 1.82. The number of carbonyl (C=O) groups is 1. The summed E-state index contributed by atoms with van der Waals surface area (Å²) >= 11 is 4.82. The molecule has 1 fully saturated rings. The van der Waals surface area contributed by atoms with Gasteiger partial charge in [-0.1, -0.05) is 18.6 Å². The van der Waals surface area contributed by atoms with Gasteiger partial charge in [0, 0.05) is 18.3 Å². The molecule has 0 atom stereocenters. The summed E-state index contributed by atoms with van der Waals surface area (Å²) in [6, 6.07) is 3.36. The minimum atomic E-state index is -0.133. The van der Waals surface area contributed by atoms with Gasteiger partial charge in [0.2, 0.25) is 0 Å². The SMILES string of the molecule is NC(=S)c1ccc(C(=O)NCC2CCC2)nc1. The highest BCUT2D eigenvalue weighted by atomic mass is 32.1. The van der Waals surface area contributed by atoms with E-state index in [2.05, 4.69) is 10.3 Å². The lowest BCUT2D eigenvalue weighted by molar-refractivity contribution is 0.0934. The van der Waals surface area contributed by atoms with E-state index in [1.54, 1.807) is 12.1 Å². The van der Waals surface area contributed by atoms with Crippen molar-refractivity contribution in [2.75, 3.05) is 6.54 Å². The van der Waals surface area contributed by atoms with Gasteiger partial charge in [-0.25, -0.2) is 0 Å². The Morgan fingerprint density at radius 1 is 1.53 bits per heavy atom. The number of rotatable bonds is 4. The summed E-state index contributed by atoms with van der Waals surface area (Å²) in [5.41, 5.74) is 6.54. The molecule has 1 aromatic rings. The monoisotopic (exact) mass is 249 g/mol. The molecular formula is C12H15N3OS. The summed E-state index contributed by atoms with van der Waals surface area (Å²) in [6.07, 6.45) is 5.24. The third kappa shape index (κ3) is 3.00. The van der Waals surface area contributed by atoms with Crippen molar-refractivity contribution in [3.63, 3.8) is 0 Å². The van der Waals surface area contributed by atoms with E-state index in [0.29, 0.717) is 22.2 Å². The highest BCUT2D eigenvalue weighted by Crippen LogP contribution is 2.25. The zero-order chi connectivity index (χ0) is 12.3. The Bertz CT molecular complexity index is 426. The minimum Gasteiger partial charge on any atom is -0.389 e. The number of hydrogen-bond donors (Lipinski definition) is 2. The first-order chi connectivity index (χ1) is 8.16. The molecule has 1 aromatic heterocycles. The van der Waals surface area contributed by atoms with Gasteiger partial charge in [0.05, 0.1) is 0 Å². The fourth-order valence-electron chi connectivity index (χ4n) is 1.70. The first-order valence-electron chi connectivity index (χ1n) is 5.71. The molecule has 0 saturated heterocycles. The molecule has 1 amide bonds. The molecule has 0 aromatic carbocycles. The Morgan fingerprint density at radius 2 is 2.29 bits per heavy atom. The van der Waals surface area contributed by atoms with Crippen molar-refractivity contribution >= 4 is 23.1 Å². The van der Waals surface area contributed by atoms with E-state index in [1.165, 1.54) is 25.5 Å². The van der Waals surface area contributed by atoms with Crippen molar-refractivity contribution in [1.29, 1.82) is 0 Å². The number of thiocarbonyl (C=S) groups is 1. The van der Waals surface area contributed by atoms with Gasteiger partial charge in [-0.2, -0.15) is 0 Å². The topological polar surface area (TPSA) is 68.0 Å². The smallest absolute Gasteiger partial charge is 0.269 e. The average molecular weight is 249 g/mol. The lowest BCUT2D eigenvalue weighted by Gasteiger charge is -2.25. The van der Waals surface area contributed by atoms with Gasteiger partial charge in [0.15, 0.2) is 0 Å². The van der Waals surface area contributed by atoms with Crippen LogP contribution in [0.4, 0.5) is 0 Å². The Labute approximate surface area is 106 Å². The van der Waals surface area contributed by atoms with Crippen LogP contribution >= 0.6 is 12.2 Å². The van der Waals surface area contributed by atoms with Crippen LogP contribution in [0.1, 0.15) is 35.3 Å². The van der Waals surface area contributed by atoms with E-state index in [1.807, 2.05) is 0 Å². The molecule has 17 heavy (non-hydrogen) atoms. The predicted octanol–water partition coefficient (Wildman–Crippen LogP) is 1.25. The molecule has 0 bridgehead atoms. The van der Waals surface area contributed by atoms with E-state index >= 15 is 0 Å². The molecule has 0 radical (unpaired) electrons. The number of amides is 1. The van der Waals surface area contributed by atoms with Crippen LogP contribution in [0.5, 0.6) is 0 Å². The molecule has 1 aliphatic carbocycles. The number of aromatic nitrogens is 1. The molecule has 4 nitrogen and oxygen atoms in total. The zero-order valence-corrected chi connectivity index (χ0v) is 10.3. The van der Waals surface area contributed by atoms with Crippen molar-refractivity contribution in [2.45, 2.75) is 19.3 Å². The first-order valence-corrected chi connectivity index (χ1v) is 6.11. The second-order valence-electron chi connectivity index (χ2n) is 4.30. The Hall–Kier alpha value is -1.49. The van der Waals surface area contributed by atoms with Crippen LogP contribution in [-0.4, -0.2) is 22.4 Å². The maximum Gasteiger partial charge on any atom is 0.269 e. The quantitative estimate of drug-likeness (QED) is 0.788. The number of nitrogens with two attached hydrogens (primary N) is 1. The second kappa shape index (κ2) is 5.23. The highest BCUT2D eigenvalue weighted by Gasteiger charge is 2.18. The van der Waals surface area contributed by atoms with Gasteiger partial charge in [-0.15, -0.1) is 0 Å². The van der Waals surface area contributed by atoms with E-state index < -0.39 is 0 Å². The van der Waals surface area contributed by atoms with E-state index in [0.717, 1.165) is 6.54 Å². The van der Waals surface area contributed by atoms with Crippen LogP contribution in [0.25, 0.3) is 0 Å². The van der Waals surface area contributed by atoms with Gasteiger partial charge in [-0.05, 0) is 30.9 Å². The zero-order valence-electron chi connectivity index (χ0n) is 9.48. The molecule has 1 heterocycles. The van der Waals surface area contributed by atoms with Gasteiger partial charge in [0.25, 0.3) is 5.91 Å². The van der Waals surface area contributed by atoms with Gasteiger partial charge >= 0.3 is 0 Å². The van der Waals surface area contributed by atoms with E-state index in [-0.39, 0.29) is 5.91 Å². The Kier molecular flexibility index (Phi) is 3.68. The molecule has 90 valence electrons. The van der Waals surface area contributed by atoms with Crippen molar-refractivity contribution in [2.24, 2.45) is 11.7 Å². The lowest BCUT2D eigenvalue weighted by atomic mass is 9.85. The van der Waals surface area contributed by atoms with Gasteiger partial charge in [0.1, 0.15) is 10.7 Å². The highest BCUT2D eigenvalue weighted by molar-refractivity contribution is 7.80. The maximum absolute atomic E-state index is 11.7. The van der Waals surface area contributed by atoms with Crippen LogP contribution in [-0.2, 0) is 0 Å². The van der Waals surface area contributed by atoms with E-state index in [9.17, 15) is 4.79 Å². The molecule has 0 unspecified atom stereocenters. The number of nitrogens with zero attached hydrogens (tertiary/aromatic N) is 1. The molecule has 1 aliphatic rings. The van der Waals surface area contributed by atoms with Crippen molar-refractivity contribution in [1.82, 2.24) is 10.3 Å². The van der Waals surface area contributed by atoms with Crippen molar-refractivity contribution in [3.05, 3.63) is 29.6 Å². The molecular weight excluding hydrogens is 234 g/mol. The van der Waals surface area contributed by atoms with Crippen molar-refractivity contribution < 1.29 is 4.79 Å². The standard InChI is InChI=1S/C12H15N3OS/c13-11(17)9-4-5-10(14-7-9)12(16)15-6-8-2-1-3-8/h4-5,7-8H,1-3,6H2,(H2,13,17)(H,15,16). The molecule has 3 N–H and O–H groups in total. The molecule has 5 heteroatoms. The number of hydrogen-bond acceptors (Lipinski definition) is 3. The van der Waals surface area contributed by atoms with Gasteiger partial charge in [-0.3, -0.25) is 9.78 Å². The lowest BCUT2D eigenvalue weighted by Crippen LogP contribution is -2.32. The minimum absolute atomic E-state index is 0.133. The predicted molar refractivity (Wildman–Crippen MR) is 69.8 cm³/mol. The Morgan fingerprint density at radius 3 is 2.76 bits per heavy atom. The first kappa shape index (κ1) is 12.0. The molecule has 2 rings (SSSR count). The van der Waals surface area contributed by atoms with E-state index in [4.69, 9.17) is 18.0 Å². The number of carbonyl (C=O) groups excluding carboxylic acids is 1. The van der Waals surface area contributed by atoms with Crippen LogP contribution in [0.15, 0.2) is 18.3 Å². The molecule has 0 spiro atoms. The molecule has 0 aliphatic heterocycles. The normalized spacial score (nSPS) is 15.1. The van der Waals surface area contributed by atoms with Crippen LogP contribution in [0, 0.1) is 5.92 Å². The van der Waals surface area contributed by atoms with Crippen LogP contribution in [0.2, 0.25) is 0 Å².